The molecule has 1 heterocycles. The third-order valence-electron chi connectivity index (χ3n) is 2.07. The molecule has 0 aliphatic carbocycles. The second-order valence-corrected chi connectivity index (χ2v) is 3.60. The molecule has 17 heavy (non-hydrogen) atoms. The fourth-order valence-electron chi connectivity index (χ4n) is 1.25. The summed E-state index contributed by atoms with van der Waals surface area (Å²) < 4.78 is 1.81. The van der Waals surface area contributed by atoms with Crippen molar-refractivity contribution < 1.29 is 4.92 Å². The molecular weight excluding hydrogens is 246 g/mol. The first kappa shape index (κ1) is 13.2. The van der Waals surface area contributed by atoms with Gasteiger partial charge in [-0.2, -0.15) is 12.6 Å². The van der Waals surface area contributed by atoms with E-state index in [1.165, 1.54) is 7.05 Å². The average molecular weight is 257 g/mol. The number of aryl methyl sites for hydroxylation is 1. The van der Waals surface area contributed by atoms with Crippen LogP contribution in [0.25, 0.3) is 0 Å². The van der Waals surface area contributed by atoms with Crippen LogP contribution < -0.4 is 11.2 Å². The second-order valence-electron chi connectivity index (χ2n) is 3.23. The van der Waals surface area contributed by atoms with Gasteiger partial charge in [-0.3, -0.25) is 24.0 Å². The van der Waals surface area contributed by atoms with Crippen LogP contribution in [0.2, 0.25) is 0 Å². The Morgan fingerprint density at radius 3 is 2.65 bits per heavy atom. The molecule has 92 valence electrons. The predicted octanol–water partition coefficient (Wildman–Crippen LogP) is -0.0588. The molecule has 0 atom stereocenters. The van der Waals surface area contributed by atoms with Crippen LogP contribution in [0.15, 0.2) is 27.9 Å². The first-order chi connectivity index (χ1) is 7.99. The highest BCUT2D eigenvalue weighted by Crippen LogP contribution is 1.99. The molecule has 0 saturated heterocycles. The van der Waals surface area contributed by atoms with Crippen molar-refractivity contribution in [3.8, 4) is 0 Å². The summed E-state index contributed by atoms with van der Waals surface area (Å²) in [4.78, 5) is 33.1. The fourth-order valence-corrected chi connectivity index (χ4v) is 1.40. The normalized spacial score (nSPS) is 10.9. The molecule has 0 aliphatic rings. The van der Waals surface area contributed by atoms with E-state index in [4.69, 9.17) is 0 Å². The van der Waals surface area contributed by atoms with Crippen LogP contribution in [0.1, 0.15) is 0 Å². The van der Waals surface area contributed by atoms with Crippen LogP contribution in [0.4, 0.5) is 5.69 Å². The van der Waals surface area contributed by atoms with Gasteiger partial charge in [-0.25, -0.2) is 4.79 Å². The summed E-state index contributed by atoms with van der Waals surface area (Å²) in [5.74, 6) is 0.462. The molecular formula is C9H11N3O4S. The first-order valence-electron chi connectivity index (χ1n) is 4.69. The third kappa shape index (κ3) is 2.84. The molecule has 1 aromatic rings. The molecule has 0 spiro atoms. The number of nitrogens with zero attached hydrogens (tertiary/aromatic N) is 3. The summed E-state index contributed by atoms with van der Waals surface area (Å²) in [5, 5.41) is 10.6. The van der Waals surface area contributed by atoms with Crippen LogP contribution in [-0.4, -0.2) is 19.8 Å². The Balaban J connectivity index is 3.37. The minimum absolute atomic E-state index is 0.00620. The molecule has 0 saturated carbocycles. The lowest BCUT2D eigenvalue weighted by Gasteiger charge is -2.03. The van der Waals surface area contributed by atoms with Crippen molar-refractivity contribution in [2.45, 2.75) is 6.54 Å². The molecule has 0 aliphatic heterocycles. The summed E-state index contributed by atoms with van der Waals surface area (Å²) in [6.45, 7) is -0.00620. The van der Waals surface area contributed by atoms with Crippen LogP contribution >= 0.6 is 12.6 Å². The zero-order chi connectivity index (χ0) is 13.0. The molecule has 7 nitrogen and oxygen atoms in total. The van der Waals surface area contributed by atoms with E-state index >= 15 is 0 Å². The van der Waals surface area contributed by atoms with Gasteiger partial charge >= 0.3 is 16.9 Å². The van der Waals surface area contributed by atoms with E-state index < -0.39 is 21.9 Å². The Morgan fingerprint density at radius 2 is 2.12 bits per heavy atom. The van der Waals surface area contributed by atoms with Gasteiger partial charge in [0.2, 0.25) is 0 Å². The number of hydrogen-bond acceptors (Lipinski definition) is 5. The van der Waals surface area contributed by atoms with Crippen molar-refractivity contribution in [3.05, 3.63) is 49.3 Å². The molecule has 0 fully saturated rings. The minimum atomic E-state index is -0.901. The second kappa shape index (κ2) is 5.48. The molecule has 0 unspecified atom stereocenters. The maximum atomic E-state index is 11.6. The summed E-state index contributed by atoms with van der Waals surface area (Å²) in [5.41, 5.74) is -2.11. The highest BCUT2D eigenvalue weighted by Gasteiger charge is 2.17. The van der Waals surface area contributed by atoms with E-state index in [0.717, 1.165) is 15.3 Å². The molecule has 0 radical (unpaired) electrons. The molecule has 0 amide bonds. The van der Waals surface area contributed by atoms with Crippen molar-refractivity contribution in [3.63, 3.8) is 0 Å². The lowest BCUT2D eigenvalue weighted by atomic mass is 10.4. The maximum absolute atomic E-state index is 11.6. The monoisotopic (exact) mass is 257 g/mol. The molecule has 1 aromatic heterocycles. The van der Waals surface area contributed by atoms with Gasteiger partial charge < -0.3 is 0 Å². The Bertz CT molecular complexity index is 573. The number of nitro groups is 1. The highest BCUT2D eigenvalue weighted by atomic mass is 32.1. The lowest BCUT2D eigenvalue weighted by molar-refractivity contribution is -0.387. The summed E-state index contributed by atoms with van der Waals surface area (Å²) in [6, 6.07) is 0. The Hall–Kier alpha value is -1.83. The molecule has 0 bridgehead atoms. The van der Waals surface area contributed by atoms with Crippen molar-refractivity contribution in [2.24, 2.45) is 7.05 Å². The van der Waals surface area contributed by atoms with E-state index in [9.17, 15) is 19.7 Å². The summed E-state index contributed by atoms with van der Waals surface area (Å²) in [6.07, 6.45) is 4.12. The molecule has 1 rings (SSSR count). The third-order valence-corrected chi connectivity index (χ3v) is 2.28. The molecule has 0 N–H and O–H groups in total. The van der Waals surface area contributed by atoms with E-state index in [1.807, 2.05) is 0 Å². The first-order valence-corrected chi connectivity index (χ1v) is 5.33. The summed E-state index contributed by atoms with van der Waals surface area (Å²) in [7, 11) is 1.35. The number of thiol groups is 1. The SMILES string of the molecule is Cn1cc([N+](=O)[O-])c(=O)n(CC=CCS)c1=O. The number of hydrogen-bond donors (Lipinski definition) is 1. The topological polar surface area (TPSA) is 87.1 Å². The van der Waals surface area contributed by atoms with Crippen molar-refractivity contribution in [2.75, 3.05) is 5.75 Å². The van der Waals surface area contributed by atoms with Crippen LogP contribution in [0, 0.1) is 10.1 Å². The van der Waals surface area contributed by atoms with Gasteiger partial charge in [0.05, 0.1) is 11.1 Å². The number of rotatable bonds is 4. The van der Waals surface area contributed by atoms with E-state index in [2.05, 4.69) is 12.6 Å². The predicted molar refractivity (Wildman–Crippen MR) is 65.6 cm³/mol. The maximum Gasteiger partial charge on any atom is 0.350 e. The zero-order valence-electron chi connectivity index (χ0n) is 9.07. The van der Waals surface area contributed by atoms with Crippen LogP contribution in [-0.2, 0) is 13.6 Å². The number of allylic oxidation sites excluding steroid dienone is 1. The van der Waals surface area contributed by atoms with E-state index in [1.54, 1.807) is 12.2 Å². The van der Waals surface area contributed by atoms with Gasteiger partial charge in [0, 0.05) is 19.3 Å². The van der Waals surface area contributed by atoms with Gasteiger partial charge in [-0.1, -0.05) is 12.2 Å². The Kier molecular flexibility index (Phi) is 4.27. The highest BCUT2D eigenvalue weighted by molar-refractivity contribution is 7.80. The van der Waals surface area contributed by atoms with Gasteiger partial charge in [-0.05, 0) is 0 Å². The van der Waals surface area contributed by atoms with Gasteiger partial charge in [-0.15, -0.1) is 0 Å². The van der Waals surface area contributed by atoms with E-state index in [-0.39, 0.29) is 6.54 Å². The Labute approximate surface area is 102 Å². The van der Waals surface area contributed by atoms with Crippen LogP contribution in [0.5, 0.6) is 0 Å². The van der Waals surface area contributed by atoms with Gasteiger partial charge in [0.1, 0.15) is 0 Å². The summed E-state index contributed by atoms with van der Waals surface area (Å²) >= 11 is 3.93. The fraction of sp³-hybridized carbons (Fsp3) is 0.333. The molecule has 8 heteroatoms. The van der Waals surface area contributed by atoms with Crippen molar-refractivity contribution >= 4 is 18.3 Å². The van der Waals surface area contributed by atoms with Crippen LogP contribution in [0.3, 0.4) is 0 Å². The van der Waals surface area contributed by atoms with Gasteiger partial charge in [0.15, 0.2) is 0 Å². The standard InChI is InChI=1S/C9H11N3O4S/c1-10-6-7(12(15)16)8(13)11(9(10)14)4-2-3-5-17/h2-3,6,17H,4-5H2,1H3. The average Bonchev–Trinajstić information content (AvgIpc) is 2.28. The zero-order valence-corrected chi connectivity index (χ0v) is 9.96. The largest absolute Gasteiger partial charge is 0.350 e. The van der Waals surface area contributed by atoms with E-state index in [0.29, 0.717) is 5.75 Å². The smallest absolute Gasteiger partial charge is 0.297 e. The number of aromatic nitrogens is 2. The van der Waals surface area contributed by atoms with Gasteiger partial charge in [0.25, 0.3) is 0 Å². The quantitative estimate of drug-likeness (QED) is 0.354. The van der Waals surface area contributed by atoms with Crippen molar-refractivity contribution in [1.29, 1.82) is 0 Å². The van der Waals surface area contributed by atoms with Crippen molar-refractivity contribution in [1.82, 2.24) is 9.13 Å². The minimum Gasteiger partial charge on any atom is -0.297 e. The lowest BCUT2D eigenvalue weighted by Crippen LogP contribution is -2.39. The molecule has 0 aromatic carbocycles. The Morgan fingerprint density at radius 1 is 1.47 bits per heavy atom.